The second-order valence-electron chi connectivity index (χ2n) is 5.70. The highest BCUT2D eigenvalue weighted by Gasteiger charge is 2.02. The zero-order valence-electron chi connectivity index (χ0n) is 15.4. The van der Waals surface area contributed by atoms with Crippen LogP contribution in [-0.4, -0.2) is 40.5 Å². The first kappa shape index (κ1) is 23.8. The average molecular weight is 521 g/mol. The number of benzene rings is 1. The Morgan fingerprint density at radius 1 is 1.15 bits per heavy atom. The van der Waals surface area contributed by atoms with Crippen LogP contribution in [0.15, 0.2) is 53.7 Å². The van der Waals surface area contributed by atoms with E-state index in [-0.39, 0.29) is 24.0 Å². The maximum absolute atomic E-state index is 12.2. The first-order chi connectivity index (χ1) is 12.7. The average Bonchev–Trinajstić information content (AvgIpc) is 2.64. The predicted octanol–water partition coefficient (Wildman–Crippen LogP) is 3.40. The summed E-state index contributed by atoms with van der Waals surface area (Å²) >= 11 is 5.79. The summed E-state index contributed by atoms with van der Waals surface area (Å²) in [6.45, 7) is 4.06. The van der Waals surface area contributed by atoms with Gasteiger partial charge in [0.2, 0.25) is 0 Å². The molecule has 5 nitrogen and oxygen atoms in total. The lowest BCUT2D eigenvalue weighted by Crippen LogP contribution is -2.38. The highest BCUT2D eigenvalue weighted by atomic mass is 127. The van der Waals surface area contributed by atoms with Crippen LogP contribution in [0.2, 0.25) is 5.15 Å². The number of nitrogens with one attached hydrogen (secondary N) is 2. The molecule has 8 heteroatoms. The van der Waals surface area contributed by atoms with Crippen molar-refractivity contribution in [2.24, 2.45) is 4.99 Å². The molecule has 0 aliphatic carbocycles. The van der Waals surface area contributed by atoms with Gasteiger partial charge in [0.1, 0.15) is 5.15 Å². The molecule has 0 radical (unpaired) electrons. The number of pyridine rings is 1. The Morgan fingerprint density at radius 3 is 2.59 bits per heavy atom. The molecule has 0 bridgehead atoms. The highest BCUT2D eigenvalue weighted by molar-refractivity contribution is 14.0. The van der Waals surface area contributed by atoms with Gasteiger partial charge < -0.3 is 10.6 Å². The fourth-order valence-corrected chi connectivity index (χ4v) is 3.43. The Kier molecular flexibility index (Phi) is 12.3. The van der Waals surface area contributed by atoms with E-state index in [1.165, 1.54) is 0 Å². The van der Waals surface area contributed by atoms with E-state index < -0.39 is 10.8 Å². The van der Waals surface area contributed by atoms with Gasteiger partial charge in [0.25, 0.3) is 0 Å². The Labute approximate surface area is 185 Å². The van der Waals surface area contributed by atoms with Crippen molar-refractivity contribution in [2.75, 3.05) is 25.4 Å². The zero-order valence-corrected chi connectivity index (χ0v) is 19.3. The van der Waals surface area contributed by atoms with E-state index in [1.54, 1.807) is 12.3 Å². The maximum Gasteiger partial charge on any atom is 0.191 e. The van der Waals surface area contributed by atoms with Gasteiger partial charge in [-0.15, -0.1) is 24.0 Å². The van der Waals surface area contributed by atoms with E-state index in [2.05, 4.69) is 20.6 Å². The van der Waals surface area contributed by atoms with E-state index in [0.717, 1.165) is 36.6 Å². The summed E-state index contributed by atoms with van der Waals surface area (Å²) in [5.41, 5.74) is 2.21. The summed E-state index contributed by atoms with van der Waals surface area (Å²) < 4.78 is 12.2. The molecule has 148 valence electrons. The van der Waals surface area contributed by atoms with Crippen LogP contribution in [0, 0.1) is 0 Å². The Hall–Kier alpha value is -1.19. The number of guanidine groups is 1. The molecule has 1 unspecified atom stereocenters. The number of hydrogen-bond acceptors (Lipinski definition) is 3. The van der Waals surface area contributed by atoms with Crippen molar-refractivity contribution in [2.45, 2.75) is 19.1 Å². The largest absolute Gasteiger partial charge is 0.357 e. The second-order valence-corrected chi connectivity index (χ2v) is 7.66. The molecule has 1 heterocycles. The summed E-state index contributed by atoms with van der Waals surface area (Å²) in [4.78, 5) is 8.58. The SMILES string of the molecule is CCNC(=NCCS(=O)Cc1ccccc1)NCCc1ccc(Cl)nc1.I. The first-order valence-electron chi connectivity index (χ1n) is 8.69. The quantitative estimate of drug-likeness (QED) is 0.230. The normalized spacial score (nSPS) is 12.1. The summed E-state index contributed by atoms with van der Waals surface area (Å²) in [5, 5.41) is 6.99. The molecule has 1 aromatic carbocycles. The van der Waals surface area contributed by atoms with E-state index in [9.17, 15) is 4.21 Å². The molecule has 0 spiro atoms. The van der Waals surface area contributed by atoms with Crippen LogP contribution >= 0.6 is 35.6 Å². The van der Waals surface area contributed by atoms with Crippen molar-refractivity contribution >= 4 is 52.3 Å². The molecule has 2 N–H and O–H groups in total. The minimum Gasteiger partial charge on any atom is -0.357 e. The van der Waals surface area contributed by atoms with Gasteiger partial charge in [0, 0.05) is 41.6 Å². The van der Waals surface area contributed by atoms with Crippen molar-refractivity contribution in [3.63, 3.8) is 0 Å². The van der Waals surface area contributed by atoms with Crippen LogP contribution in [0.3, 0.4) is 0 Å². The molecule has 0 saturated carbocycles. The molecule has 0 amide bonds. The van der Waals surface area contributed by atoms with E-state index in [0.29, 0.717) is 23.2 Å². The number of hydrogen-bond donors (Lipinski definition) is 2. The molecule has 27 heavy (non-hydrogen) atoms. The third-order valence-electron chi connectivity index (χ3n) is 3.60. The summed E-state index contributed by atoms with van der Waals surface area (Å²) in [6, 6.07) is 13.6. The van der Waals surface area contributed by atoms with Crippen LogP contribution in [0.1, 0.15) is 18.1 Å². The standard InChI is InChI=1S/C19H25ClN4OS.HI/c1-2-21-19(22-11-10-16-8-9-18(20)24-14-16)23-12-13-26(25)15-17-6-4-3-5-7-17;/h3-9,14H,2,10-13,15H2,1H3,(H2,21,22,23);1H. The second kappa shape index (κ2) is 13.9. The Balaban J connectivity index is 0.00000364. The van der Waals surface area contributed by atoms with Crippen LogP contribution in [0.4, 0.5) is 0 Å². The minimum atomic E-state index is -0.912. The van der Waals surface area contributed by atoms with Crippen LogP contribution < -0.4 is 10.6 Å². The molecular formula is C19H26ClIN4OS. The molecular weight excluding hydrogens is 495 g/mol. The summed E-state index contributed by atoms with van der Waals surface area (Å²) in [7, 11) is -0.912. The van der Waals surface area contributed by atoms with E-state index >= 15 is 0 Å². The zero-order chi connectivity index (χ0) is 18.6. The fraction of sp³-hybridized carbons (Fsp3) is 0.368. The van der Waals surface area contributed by atoms with E-state index in [1.807, 2.05) is 43.3 Å². The van der Waals surface area contributed by atoms with Crippen molar-refractivity contribution in [1.29, 1.82) is 0 Å². The van der Waals surface area contributed by atoms with Gasteiger partial charge in [0.15, 0.2) is 5.96 Å². The predicted molar refractivity (Wildman–Crippen MR) is 126 cm³/mol. The smallest absolute Gasteiger partial charge is 0.191 e. The number of aliphatic imine (C=N–C) groups is 1. The third-order valence-corrected chi connectivity index (χ3v) is 5.12. The molecule has 0 aliphatic rings. The van der Waals surface area contributed by atoms with Crippen LogP contribution in [-0.2, 0) is 23.0 Å². The monoisotopic (exact) mass is 520 g/mol. The first-order valence-corrected chi connectivity index (χ1v) is 10.6. The molecule has 0 fully saturated rings. The van der Waals surface area contributed by atoms with Crippen molar-refractivity contribution in [3.05, 3.63) is 64.9 Å². The molecule has 1 aromatic heterocycles. The lowest BCUT2D eigenvalue weighted by atomic mass is 10.2. The Morgan fingerprint density at radius 2 is 1.93 bits per heavy atom. The number of halogens is 2. The lowest BCUT2D eigenvalue weighted by Gasteiger charge is -2.11. The van der Waals surface area contributed by atoms with Gasteiger partial charge in [-0.1, -0.05) is 48.0 Å². The minimum absolute atomic E-state index is 0. The van der Waals surface area contributed by atoms with Gasteiger partial charge in [-0.3, -0.25) is 9.20 Å². The van der Waals surface area contributed by atoms with Gasteiger partial charge in [-0.2, -0.15) is 0 Å². The number of nitrogens with zero attached hydrogens (tertiary/aromatic N) is 2. The highest BCUT2D eigenvalue weighted by Crippen LogP contribution is 2.05. The summed E-state index contributed by atoms with van der Waals surface area (Å²) in [5.74, 6) is 1.86. The fourth-order valence-electron chi connectivity index (χ4n) is 2.31. The lowest BCUT2D eigenvalue weighted by molar-refractivity contribution is 0.682. The van der Waals surface area contributed by atoms with Crippen LogP contribution in [0.5, 0.6) is 0 Å². The number of aromatic nitrogens is 1. The molecule has 2 rings (SSSR count). The third kappa shape index (κ3) is 10.1. The van der Waals surface area contributed by atoms with Crippen molar-refractivity contribution in [1.82, 2.24) is 15.6 Å². The van der Waals surface area contributed by atoms with Crippen LogP contribution in [0.25, 0.3) is 0 Å². The van der Waals surface area contributed by atoms with Gasteiger partial charge >= 0.3 is 0 Å². The molecule has 2 aromatic rings. The van der Waals surface area contributed by atoms with E-state index in [4.69, 9.17) is 11.6 Å². The molecule has 1 atom stereocenters. The molecule has 0 aliphatic heterocycles. The Bertz CT molecular complexity index is 713. The maximum atomic E-state index is 12.2. The molecule has 0 saturated heterocycles. The topological polar surface area (TPSA) is 66.4 Å². The van der Waals surface area contributed by atoms with Gasteiger partial charge in [-0.05, 0) is 30.5 Å². The number of rotatable bonds is 9. The summed E-state index contributed by atoms with van der Waals surface area (Å²) in [6.07, 6.45) is 2.61. The van der Waals surface area contributed by atoms with Crippen molar-refractivity contribution < 1.29 is 4.21 Å². The van der Waals surface area contributed by atoms with Gasteiger partial charge in [-0.25, -0.2) is 4.98 Å². The van der Waals surface area contributed by atoms with Crippen molar-refractivity contribution in [3.8, 4) is 0 Å². The van der Waals surface area contributed by atoms with Gasteiger partial charge in [0.05, 0.1) is 6.54 Å².